The molecule has 1 aromatic heterocycles. The number of para-hydroxylation sites is 2. The molecule has 0 unspecified atom stereocenters. The number of hydrogen-bond donors (Lipinski definition) is 0. The average Bonchev–Trinajstić information content (AvgIpc) is 3.69. The number of hydrogen-bond acceptors (Lipinski definition) is 3. The highest BCUT2D eigenvalue weighted by atomic mass is 16.3. The maximum atomic E-state index is 6.84. The minimum Gasteiger partial charge on any atom is -0.456 e. The van der Waals surface area contributed by atoms with Gasteiger partial charge in [0.05, 0.1) is 5.69 Å². The van der Waals surface area contributed by atoms with Crippen LogP contribution < -0.4 is 26.2 Å². The Morgan fingerprint density at radius 2 is 0.971 bits per heavy atom. The number of benzene rings is 8. The highest BCUT2D eigenvalue weighted by Gasteiger charge is 2.49. The van der Waals surface area contributed by atoms with Gasteiger partial charge >= 0.3 is 0 Å². The fourth-order valence-electron chi connectivity index (χ4n) is 13.3. The first-order chi connectivity index (χ1) is 32.5. The van der Waals surface area contributed by atoms with Gasteiger partial charge < -0.3 is 14.2 Å². The fraction of sp³-hybridized carbons (Fsp3) is 0.250. The molecule has 4 heteroatoms. The van der Waals surface area contributed by atoms with E-state index >= 15 is 0 Å². The molecule has 2 aliphatic carbocycles. The van der Waals surface area contributed by atoms with Crippen molar-refractivity contribution < 1.29 is 4.42 Å². The summed E-state index contributed by atoms with van der Waals surface area (Å²) in [5, 5.41) is 2.27. The molecule has 0 spiro atoms. The van der Waals surface area contributed by atoms with E-state index in [-0.39, 0.29) is 28.4 Å². The van der Waals surface area contributed by atoms with Crippen LogP contribution in [-0.4, -0.2) is 6.71 Å². The van der Waals surface area contributed by atoms with Crippen LogP contribution in [0.1, 0.15) is 113 Å². The quantitative estimate of drug-likeness (QED) is 0.165. The molecule has 0 atom stereocenters. The van der Waals surface area contributed by atoms with Crippen LogP contribution in [0.2, 0.25) is 0 Å². The van der Waals surface area contributed by atoms with Gasteiger partial charge in [-0.15, -0.1) is 0 Å². The van der Waals surface area contributed by atoms with E-state index in [9.17, 15) is 0 Å². The second-order valence-electron chi connectivity index (χ2n) is 22.9. The van der Waals surface area contributed by atoms with Crippen LogP contribution in [0, 0.1) is 13.8 Å². The van der Waals surface area contributed by atoms with Gasteiger partial charge in [-0.05, 0) is 153 Å². The number of fused-ring (bicyclic) bond motifs is 10. The Morgan fingerprint density at radius 3 is 1.68 bits per heavy atom. The molecule has 8 aromatic carbocycles. The Kier molecular flexibility index (Phi) is 8.47. The summed E-state index contributed by atoms with van der Waals surface area (Å²) in [5.74, 6) is 0. The highest BCUT2D eigenvalue weighted by molar-refractivity contribution is 7.00. The van der Waals surface area contributed by atoms with Gasteiger partial charge in [0.2, 0.25) is 0 Å². The predicted octanol–water partition coefficient (Wildman–Crippen LogP) is 15.3. The summed E-state index contributed by atoms with van der Waals surface area (Å²) in [5.41, 5.74) is 26.4. The number of aryl methyl sites for hydroxylation is 2. The lowest BCUT2D eigenvalue weighted by Gasteiger charge is -2.49. The van der Waals surface area contributed by atoms with Gasteiger partial charge in [-0.2, -0.15) is 0 Å². The molecule has 3 heterocycles. The molecular formula is C64H59BN2O. The molecule has 68 heavy (non-hydrogen) atoms. The summed E-state index contributed by atoms with van der Waals surface area (Å²) in [4.78, 5) is 5.29. The second-order valence-corrected chi connectivity index (χ2v) is 22.9. The number of anilines is 6. The molecule has 0 fully saturated rings. The smallest absolute Gasteiger partial charge is 0.252 e. The lowest BCUT2D eigenvalue weighted by molar-refractivity contribution is 0.332. The lowest BCUT2D eigenvalue weighted by Crippen LogP contribution is -2.62. The van der Waals surface area contributed by atoms with E-state index in [1.807, 2.05) is 0 Å². The fourth-order valence-corrected chi connectivity index (χ4v) is 13.3. The van der Waals surface area contributed by atoms with Gasteiger partial charge in [0.25, 0.3) is 6.71 Å². The van der Waals surface area contributed by atoms with Crippen molar-refractivity contribution in [3.63, 3.8) is 0 Å². The largest absolute Gasteiger partial charge is 0.456 e. The van der Waals surface area contributed by atoms with Crippen LogP contribution in [0.5, 0.6) is 0 Å². The highest BCUT2D eigenvalue weighted by Crippen LogP contribution is 2.55. The van der Waals surface area contributed by atoms with Crippen molar-refractivity contribution in [1.29, 1.82) is 0 Å². The number of rotatable bonds is 3. The molecule has 0 N–H and O–H groups in total. The van der Waals surface area contributed by atoms with Gasteiger partial charge in [0.15, 0.2) is 0 Å². The van der Waals surface area contributed by atoms with Crippen molar-refractivity contribution in [2.45, 2.75) is 104 Å². The second kappa shape index (κ2) is 13.9. The normalized spacial score (nSPS) is 17.5. The predicted molar refractivity (Wildman–Crippen MR) is 289 cm³/mol. The van der Waals surface area contributed by atoms with E-state index in [1.54, 1.807) is 0 Å². The van der Waals surface area contributed by atoms with Crippen LogP contribution in [0.25, 0.3) is 33.1 Å². The zero-order valence-electron chi connectivity index (χ0n) is 41.2. The van der Waals surface area contributed by atoms with E-state index in [0.717, 1.165) is 34.0 Å². The van der Waals surface area contributed by atoms with E-state index in [4.69, 9.17) is 4.42 Å². The Labute approximate surface area is 402 Å². The third-order valence-electron chi connectivity index (χ3n) is 17.1. The summed E-state index contributed by atoms with van der Waals surface area (Å²) in [6.07, 6.45) is 2.34. The molecule has 0 bridgehead atoms. The van der Waals surface area contributed by atoms with Gasteiger partial charge in [-0.1, -0.05) is 159 Å². The molecule has 3 nitrogen and oxygen atoms in total. The van der Waals surface area contributed by atoms with Crippen molar-refractivity contribution in [1.82, 2.24) is 0 Å². The molecule has 0 saturated heterocycles. The first-order valence-electron chi connectivity index (χ1n) is 24.8. The molecule has 334 valence electrons. The minimum atomic E-state index is -0.226. The summed E-state index contributed by atoms with van der Waals surface area (Å²) in [7, 11) is 0. The first kappa shape index (κ1) is 41.4. The molecule has 2 aliphatic heterocycles. The van der Waals surface area contributed by atoms with Crippen molar-refractivity contribution >= 4 is 79.2 Å². The molecule has 0 radical (unpaired) electrons. The molecule has 13 rings (SSSR count). The van der Waals surface area contributed by atoms with Gasteiger partial charge in [-0.25, -0.2) is 0 Å². The molecule has 0 amide bonds. The summed E-state index contributed by atoms with van der Waals surface area (Å²) < 4.78 is 6.84. The van der Waals surface area contributed by atoms with Crippen LogP contribution in [0.15, 0.2) is 156 Å². The Bertz CT molecular complexity index is 3620. The Balaban J connectivity index is 1.18. The SMILES string of the molecule is Cc1cc2c3c(c1)N(c1ccccc1-c1ccccc1)c1cc4c(cc1B3c1cc3c(cc1N2c1cc2c(cc1C)C(C)(C)CCC2(C)C)C(C)(C)c1ccccc1C3(C)C)oc1ccccc14. The van der Waals surface area contributed by atoms with Crippen molar-refractivity contribution in [3.8, 4) is 11.1 Å². The molecule has 0 saturated carbocycles. The summed E-state index contributed by atoms with van der Waals surface area (Å²) >= 11 is 0. The number of nitrogens with zero attached hydrogens (tertiary/aromatic N) is 2. The van der Waals surface area contributed by atoms with Crippen molar-refractivity contribution in [2.24, 2.45) is 0 Å². The van der Waals surface area contributed by atoms with Crippen LogP contribution in [0.3, 0.4) is 0 Å². The Morgan fingerprint density at radius 1 is 0.426 bits per heavy atom. The standard InChI is InChI=1S/C64H59BN2O/c1-38-30-56-60-57(31-38)67(53-35-47-46(32-39(53)2)61(3,4)28-29-62(47,5)6)55-36-49-48(63(7,8)44-24-16-17-25-45(44)64(49,9)10)34-50(55)65(60)51-37-59-43(42-23-15-19-27-58(42)68-59)33-54(51)66(56)52-26-18-14-22-41(52)40-20-12-11-13-21-40/h11-27,30-37H,28-29H2,1-10H3. The maximum Gasteiger partial charge on any atom is 0.252 e. The van der Waals surface area contributed by atoms with E-state index in [2.05, 4.69) is 231 Å². The third-order valence-corrected chi connectivity index (χ3v) is 17.1. The van der Waals surface area contributed by atoms with Crippen LogP contribution in [0.4, 0.5) is 34.1 Å². The zero-order chi connectivity index (χ0) is 46.8. The van der Waals surface area contributed by atoms with Crippen molar-refractivity contribution in [3.05, 3.63) is 196 Å². The number of furan rings is 1. The van der Waals surface area contributed by atoms with E-state index in [1.165, 1.54) is 107 Å². The molecular weight excluding hydrogens is 824 g/mol. The first-order valence-corrected chi connectivity index (χ1v) is 24.8. The van der Waals surface area contributed by atoms with Gasteiger partial charge in [0.1, 0.15) is 11.2 Å². The van der Waals surface area contributed by atoms with E-state index in [0.29, 0.717) is 0 Å². The van der Waals surface area contributed by atoms with Gasteiger partial charge in [-0.3, -0.25) is 0 Å². The monoisotopic (exact) mass is 882 g/mol. The average molecular weight is 883 g/mol. The van der Waals surface area contributed by atoms with Crippen molar-refractivity contribution in [2.75, 3.05) is 9.80 Å². The van der Waals surface area contributed by atoms with Crippen LogP contribution in [-0.2, 0) is 21.7 Å². The van der Waals surface area contributed by atoms with Gasteiger partial charge in [0, 0.05) is 55.6 Å². The summed E-state index contributed by atoms with van der Waals surface area (Å²) in [6.45, 7) is 24.2. The third kappa shape index (κ3) is 5.61. The Hall–Kier alpha value is -6.78. The summed E-state index contributed by atoms with van der Waals surface area (Å²) in [6, 6.07) is 57.9. The van der Waals surface area contributed by atoms with E-state index < -0.39 is 0 Å². The maximum absolute atomic E-state index is 6.84. The van der Waals surface area contributed by atoms with Crippen LogP contribution >= 0.6 is 0 Å². The zero-order valence-corrected chi connectivity index (χ0v) is 41.2. The molecule has 4 aliphatic rings. The molecule has 9 aromatic rings. The minimum absolute atomic E-state index is 0.0426. The lowest BCUT2D eigenvalue weighted by atomic mass is 9.33. The topological polar surface area (TPSA) is 19.6 Å².